The number of rotatable bonds is 1. The second-order valence-corrected chi connectivity index (χ2v) is 6.56. The minimum atomic E-state index is 0.798. The SMILES string of the molecule is COc1ccc2c3c(ccc2c1)C1C2C=CC(C2)C1C3. The van der Waals surface area contributed by atoms with Gasteiger partial charge in [-0.2, -0.15) is 0 Å². The zero-order chi connectivity index (χ0) is 13.3. The van der Waals surface area contributed by atoms with E-state index in [1.165, 1.54) is 23.6 Å². The number of methoxy groups -OCH3 is 1. The summed E-state index contributed by atoms with van der Waals surface area (Å²) in [6, 6.07) is 11.2. The zero-order valence-electron chi connectivity index (χ0n) is 11.7. The van der Waals surface area contributed by atoms with Crippen molar-refractivity contribution in [2.45, 2.75) is 18.8 Å². The largest absolute Gasteiger partial charge is 0.497 e. The van der Waals surface area contributed by atoms with E-state index in [9.17, 15) is 0 Å². The van der Waals surface area contributed by atoms with E-state index in [0.29, 0.717) is 0 Å². The van der Waals surface area contributed by atoms with Gasteiger partial charge in [0.15, 0.2) is 0 Å². The van der Waals surface area contributed by atoms with Crippen molar-refractivity contribution < 1.29 is 4.74 Å². The van der Waals surface area contributed by atoms with Crippen LogP contribution in [-0.4, -0.2) is 7.11 Å². The van der Waals surface area contributed by atoms with E-state index in [0.717, 1.165) is 29.4 Å². The molecular formula is C19H18O. The van der Waals surface area contributed by atoms with E-state index in [2.05, 4.69) is 42.5 Å². The minimum absolute atomic E-state index is 0.798. The van der Waals surface area contributed by atoms with Crippen LogP contribution in [0.25, 0.3) is 10.8 Å². The fourth-order valence-corrected chi connectivity index (χ4v) is 4.96. The monoisotopic (exact) mass is 262 g/mol. The predicted octanol–water partition coefficient (Wildman–Crippen LogP) is 4.31. The van der Waals surface area contributed by atoms with Gasteiger partial charge in [-0.15, -0.1) is 0 Å². The Morgan fingerprint density at radius 3 is 2.85 bits per heavy atom. The number of benzene rings is 2. The van der Waals surface area contributed by atoms with E-state index >= 15 is 0 Å². The molecule has 2 bridgehead atoms. The Balaban J connectivity index is 1.71. The van der Waals surface area contributed by atoms with Gasteiger partial charge in [-0.3, -0.25) is 0 Å². The van der Waals surface area contributed by atoms with E-state index in [4.69, 9.17) is 4.74 Å². The van der Waals surface area contributed by atoms with E-state index in [1.54, 1.807) is 18.2 Å². The molecule has 0 heterocycles. The highest BCUT2D eigenvalue weighted by Gasteiger charge is 2.49. The third-order valence-electron chi connectivity index (χ3n) is 5.80. The van der Waals surface area contributed by atoms with Crippen molar-refractivity contribution in [2.75, 3.05) is 7.11 Å². The average molecular weight is 262 g/mol. The molecule has 0 amide bonds. The Kier molecular flexibility index (Phi) is 2.01. The maximum absolute atomic E-state index is 5.35. The standard InChI is InChI=1S/C19H18O/c1-20-14-5-7-15-12(9-14)4-6-16-18(15)10-17-11-2-3-13(8-11)19(16)17/h2-7,9,11,13,17,19H,8,10H2,1H3. The highest BCUT2D eigenvalue weighted by atomic mass is 16.5. The first-order chi connectivity index (χ1) is 9.85. The summed E-state index contributed by atoms with van der Waals surface area (Å²) < 4.78 is 5.35. The summed E-state index contributed by atoms with van der Waals surface area (Å²) in [6.45, 7) is 0. The van der Waals surface area contributed by atoms with Crippen LogP contribution >= 0.6 is 0 Å². The summed E-state index contributed by atoms with van der Waals surface area (Å²) in [5.41, 5.74) is 3.24. The summed E-state index contributed by atoms with van der Waals surface area (Å²) in [5, 5.41) is 2.76. The number of hydrogen-bond acceptors (Lipinski definition) is 1. The molecule has 1 heteroatoms. The molecule has 2 aromatic rings. The zero-order valence-corrected chi connectivity index (χ0v) is 11.7. The Hall–Kier alpha value is -1.76. The van der Waals surface area contributed by atoms with Gasteiger partial charge in [0, 0.05) is 0 Å². The second kappa shape index (κ2) is 3.66. The molecule has 0 aromatic heterocycles. The van der Waals surface area contributed by atoms with Gasteiger partial charge in [0.05, 0.1) is 7.11 Å². The molecule has 0 radical (unpaired) electrons. The Morgan fingerprint density at radius 1 is 1.05 bits per heavy atom. The molecule has 0 spiro atoms. The van der Waals surface area contributed by atoms with Crippen molar-refractivity contribution in [3.63, 3.8) is 0 Å². The first-order valence-electron chi connectivity index (χ1n) is 7.63. The molecule has 20 heavy (non-hydrogen) atoms. The molecule has 100 valence electrons. The molecule has 1 nitrogen and oxygen atoms in total. The number of fused-ring (bicyclic) bond motifs is 9. The van der Waals surface area contributed by atoms with Crippen LogP contribution in [0.2, 0.25) is 0 Å². The van der Waals surface area contributed by atoms with Crippen molar-refractivity contribution in [2.24, 2.45) is 17.8 Å². The summed E-state index contributed by atoms with van der Waals surface area (Å²) in [7, 11) is 1.74. The average Bonchev–Trinajstić information content (AvgIpc) is 3.17. The smallest absolute Gasteiger partial charge is 0.119 e. The third-order valence-corrected chi connectivity index (χ3v) is 5.80. The van der Waals surface area contributed by atoms with Gasteiger partial charge in [0.2, 0.25) is 0 Å². The molecule has 4 atom stereocenters. The third kappa shape index (κ3) is 1.24. The van der Waals surface area contributed by atoms with Crippen LogP contribution in [0.4, 0.5) is 0 Å². The fraction of sp³-hybridized carbons (Fsp3) is 0.368. The van der Waals surface area contributed by atoms with Crippen molar-refractivity contribution >= 4 is 10.8 Å². The lowest BCUT2D eigenvalue weighted by Gasteiger charge is -2.20. The van der Waals surface area contributed by atoms with Gasteiger partial charge >= 0.3 is 0 Å². The molecule has 1 saturated carbocycles. The molecular weight excluding hydrogens is 244 g/mol. The van der Waals surface area contributed by atoms with Crippen LogP contribution in [0.3, 0.4) is 0 Å². The summed E-state index contributed by atoms with van der Waals surface area (Å²) in [5.74, 6) is 4.27. The van der Waals surface area contributed by atoms with Gasteiger partial charge in [-0.05, 0) is 70.5 Å². The van der Waals surface area contributed by atoms with Crippen molar-refractivity contribution in [1.29, 1.82) is 0 Å². The fourth-order valence-electron chi connectivity index (χ4n) is 4.96. The predicted molar refractivity (Wildman–Crippen MR) is 81.2 cm³/mol. The lowest BCUT2D eigenvalue weighted by atomic mass is 9.83. The Morgan fingerprint density at radius 2 is 1.95 bits per heavy atom. The van der Waals surface area contributed by atoms with Gasteiger partial charge < -0.3 is 4.74 Å². The number of ether oxygens (including phenoxy) is 1. The number of allylic oxidation sites excluding steroid dienone is 2. The van der Waals surface area contributed by atoms with Crippen molar-refractivity contribution in [3.8, 4) is 5.75 Å². The van der Waals surface area contributed by atoms with Crippen LogP contribution in [-0.2, 0) is 6.42 Å². The molecule has 5 rings (SSSR count). The van der Waals surface area contributed by atoms with Crippen LogP contribution < -0.4 is 4.74 Å². The first kappa shape index (κ1) is 11.0. The van der Waals surface area contributed by atoms with Gasteiger partial charge in [0.1, 0.15) is 5.75 Å². The molecule has 2 aromatic carbocycles. The maximum Gasteiger partial charge on any atom is 0.119 e. The van der Waals surface area contributed by atoms with E-state index < -0.39 is 0 Å². The first-order valence-corrected chi connectivity index (χ1v) is 7.63. The highest BCUT2D eigenvalue weighted by Crippen LogP contribution is 2.59. The van der Waals surface area contributed by atoms with Crippen molar-refractivity contribution in [3.05, 3.63) is 53.6 Å². The quantitative estimate of drug-likeness (QED) is 0.696. The van der Waals surface area contributed by atoms with E-state index in [1.807, 2.05) is 0 Å². The van der Waals surface area contributed by atoms with Crippen LogP contribution in [0.5, 0.6) is 5.75 Å². The van der Waals surface area contributed by atoms with Crippen molar-refractivity contribution in [1.82, 2.24) is 0 Å². The van der Waals surface area contributed by atoms with Gasteiger partial charge in [-0.1, -0.05) is 30.4 Å². The molecule has 0 aliphatic heterocycles. The molecule has 3 aliphatic rings. The lowest BCUT2D eigenvalue weighted by Crippen LogP contribution is -2.12. The summed E-state index contributed by atoms with van der Waals surface area (Å²) in [4.78, 5) is 0. The lowest BCUT2D eigenvalue weighted by molar-refractivity contribution is 0.415. The van der Waals surface area contributed by atoms with E-state index in [-0.39, 0.29) is 0 Å². The van der Waals surface area contributed by atoms with Crippen LogP contribution in [0, 0.1) is 17.8 Å². The molecule has 1 fully saturated rings. The Labute approximate surface area is 119 Å². The number of hydrogen-bond donors (Lipinski definition) is 0. The van der Waals surface area contributed by atoms with Crippen LogP contribution in [0.1, 0.15) is 23.5 Å². The topological polar surface area (TPSA) is 9.23 Å². The molecule has 3 aliphatic carbocycles. The molecule has 0 saturated heterocycles. The Bertz CT molecular complexity index is 743. The normalized spacial score (nSPS) is 32.6. The summed E-state index contributed by atoms with van der Waals surface area (Å²) >= 11 is 0. The van der Waals surface area contributed by atoms with Gasteiger partial charge in [-0.25, -0.2) is 0 Å². The summed E-state index contributed by atoms with van der Waals surface area (Å²) in [6.07, 6.45) is 7.62. The minimum Gasteiger partial charge on any atom is -0.497 e. The van der Waals surface area contributed by atoms with Crippen LogP contribution in [0.15, 0.2) is 42.5 Å². The second-order valence-electron chi connectivity index (χ2n) is 6.56. The molecule has 4 unspecified atom stereocenters. The highest BCUT2D eigenvalue weighted by molar-refractivity contribution is 5.89. The molecule has 0 N–H and O–H groups in total. The van der Waals surface area contributed by atoms with Gasteiger partial charge in [0.25, 0.3) is 0 Å². The maximum atomic E-state index is 5.35.